The molecule has 20 heavy (non-hydrogen) atoms. The highest BCUT2D eigenvalue weighted by molar-refractivity contribution is 9.10. The molecular formula is C16H16BrClO2. The summed E-state index contributed by atoms with van der Waals surface area (Å²) in [4.78, 5) is 0. The molecule has 4 heteroatoms. The van der Waals surface area contributed by atoms with Gasteiger partial charge >= 0.3 is 0 Å². The molecule has 0 aliphatic heterocycles. The first kappa shape index (κ1) is 15.4. The Balaban J connectivity index is 2.27. The smallest absolute Gasteiger partial charge is 0.119 e. The molecule has 1 N–H and O–H groups in total. The Morgan fingerprint density at radius 2 is 2.05 bits per heavy atom. The number of methoxy groups -OCH3 is 1. The summed E-state index contributed by atoms with van der Waals surface area (Å²) in [6, 6.07) is 11.4. The molecule has 106 valence electrons. The van der Waals surface area contributed by atoms with Gasteiger partial charge in [0.2, 0.25) is 0 Å². The van der Waals surface area contributed by atoms with Crippen LogP contribution in [0.15, 0.2) is 40.9 Å². The number of ether oxygens (including phenoxy) is 1. The molecule has 2 aromatic carbocycles. The third kappa shape index (κ3) is 3.35. The maximum atomic E-state index is 10.4. The Hall–Kier alpha value is -1.03. The van der Waals surface area contributed by atoms with E-state index in [2.05, 4.69) is 15.9 Å². The van der Waals surface area contributed by atoms with Crippen LogP contribution in [-0.4, -0.2) is 12.2 Å². The predicted molar refractivity (Wildman–Crippen MR) is 85.5 cm³/mol. The van der Waals surface area contributed by atoms with Gasteiger partial charge in [0.25, 0.3) is 0 Å². The summed E-state index contributed by atoms with van der Waals surface area (Å²) in [5.74, 6) is 0.769. The largest absolute Gasteiger partial charge is 0.497 e. The van der Waals surface area contributed by atoms with Gasteiger partial charge in [-0.05, 0) is 41.8 Å². The number of aliphatic hydroxyl groups is 1. The van der Waals surface area contributed by atoms with Crippen molar-refractivity contribution in [3.63, 3.8) is 0 Å². The maximum Gasteiger partial charge on any atom is 0.119 e. The monoisotopic (exact) mass is 354 g/mol. The van der Waals surface area contributed by atoms with E-state index >= 15 is 0 Å². The average molecular weight is 356 g/mol. The van der Waals surface area contributed by atoms with Gasteiger partial charge in [-0.1, -0.05) is 45.7 Å². The molecule has 0 aliphatic carbocycles. The van der Waals surface area contributed by atoms with Gasteiger partial charge in [0, 0.05) is 15.9 Å². The summed E-state index contributed by atoms with van der Waals surface area (Å²) in [6.07, 6.45) is -0.174. The van der Waals surface area contributed by atoms with E-state index in [0.717, 1.165) is 26.9 Å². The van der Waals surface area contributed by atoms with Gasteiger partial charge in [0.1, 0.15) is 5.75 Å². The van der Waals surface area contributed by atoms with Crippen molar-refractivity contribution >= 4 is 27.5 Å². The summed E-state index contributed by atoms with van der Waals surface area (Å²) in [5.41, 5.74) is 2.70. The van der Waals surface area contributed by atoms with Gasteiger partial charge in [-0.2, -0.15) is 0 Å². The van der Waals surface area contributed by atoms with Gasteiger partial charge in [0.15, 0.2) is 0 Å². The lowest BCUT2D eigenvalue weighted by molar-refractivity contribution is 0.178. The van der Waals surface area contributed by atoms with Crippen LogP contribution in [0.1, 0.15) is 22.8 Å². The van der Waals surface area contributed by atoms with Crippen LogP contribution < -0.4 is 4.74 Å². The van der Waals surface area contributed by atoms with E-state index in [1.54, 1.807) is 7.11 Å². The van der Waals surface area contributed by atoms with Crippen molar-refractivity contribution in [2.45, 2.75) is 19.4 Å². The van der Waals surface area contributed by atoms with Gasteiger partial charge in [0.05, 0.1) is 13.2 Å². The van der Waals surface area contributed by atoms with Gasteiger partial charge < -0.3 is 9.84 Å². The maximum absolute atomic E-state index is 10.4. The molecule has 0 aromatic heterocycles. The summed E-state index contributed by atoms with van der Waals surface area (Å²) >= 11 is 9.75. The zero-order valence-corrected chi connectivity index (χ0v) is 13.7. The van der Waals surface area contributed by atoms with E-state index in [0.29, 0.717) is 11.4 Å². The zero-order valence-electron chi connectivity index (χ0n) is 11.4. The number of hydrogen-bond donors (Lipinski definition) is 1. The summed E-state index contributed by atoms with van der Waals surface area (Å²) in [6.45, 7) is 1.93. The van der Waals surface area contributed by atoms with Crippen LogP contribution in [0.4, 0.5) is 0 Å². The Bertz CT molecular complexity index is 613. The molecule has 0 saturated carbocycles. The topological polar surface area (TPSA) is 29.5 Å². The fraction of sp³-hybridized carbons (Fsp3) is 0.250. The second-order valence-electron chi connectivity index (χ2n) is 4.66. The molecule has 0 radical (unpaired) electrons. The quantitative estimate of drug-likeness (QED) is 0.861. The lowest BCUT2D eigenvalue weighted by Gasteiger charge is -2.15. The number of aryl methyl sites for hydroxylation is 1. The summed E-state index contributed by atoms with van der Waals surface area (Å²) < 4.78 is 6.16. The first-order valence-electron chi connectivity index (χ1n) is 6.28. The second-order valence-corrected chi connectivity index (χ2v) is 5.89. The highest BCUT2D eigenvalue weighted by Crippen LogP contribution is 2.31. The number of halogens is 2. The van der Waals surface area contributed by atoms with Crippen molar-refractivity contribution in [3.8, 4) is 5.75 Å². The zero-order chi connectivity index (χ0) is 14.7. The van der Waals surface area contributed by atoms with Crippen LogP contribution in [0.25, 0.3) is 0 Å². The molecule has 0 saturated heterocycles. The number of aliphatic hydroxyl groups excluding tert-OH is 1. The van der Waals surface area contributed by atoms with Crippen molar-refractivity contribution in [3.05, 3.63) is 62.6 Å². The molecule has 0 amide bonds. The lowest BCUT2D eigenvalue weighted by atomic mass is 10.00. The van der Waals surface area contributed by atoms with Crippen molar-refractivity contribution in [1.29, 1.82) is 0 Å². The van der Waals surface area contributed by atoms with Crippen LogP contribution in [0.5, 0.6) is 5.75 Å². The predicted octanol–water partition coefficient (Wildman–Crippen LogP) is 4.70. The van der Waals surface area contributed by atoms with Gasteiger partial charge in [-0.25, -0.2) is 0 Å². The summed E-state index contributed by atoms with van der Waals surface area (Å²) in [7, 11) is 1.63. The third-order valence-corrected chi connectivity index (χ3v) is 4.54. The van der Waals surface area contributed by atoms with Crippen LogP contribution in [0, 0.1) is 6.92 Å². The van der Waals surface area contributed by atoms with E-state index in [4.69, 9.17) is 16.3 Å². The number of rotatable bonds is 4. The summed E-state index contributed by atoms with van der Waals surface area (Å²) in [5, 5.41) is 11.0. The van der Waals surface area contributed by atoms with Crippen LogP contribution >= 0.6 is 27.5 Å². The van der Waals surface area contributed by atoms with E-state index in [9.17, 15) is 5.11 Å². The standard InChI is InChI=1S/C16H16BrClO2/c1-10-4-3-5-13(16(10)18)15(19)9-11-8-12(20-2)6-7-14(11)17/h3-8,15,19H,9H2,1-2H3. The Morgan fingerprint density at radius 1 is 1.30 bits per heavy atom. The van der Waals surface area contributed by atoms with E-state index in [-0.39, 0.29) is 0 Å². The average Bonchev–Trinajstić information content (AvgIpc) is 2.44. The number of benzene rings is 2. The van der Waals surface area contributed by atoms with Crippen LogP contribution in [0.3, 0.4) is 0 Å². The molecule has 2 aromatic rings. The first-order valence-corrected chi connectivity index (χ1v) is 7.45. The van der Waals surface area contributed by atoms with Crippen molar-refractivity contribution in [1.82, 2.24) is 0 Å². The molecule has 1 unspecified atom stereocenters. The van der Waals surface area contributed by atoms with E-state index < -0.39 is 6.10 Å². The minimum atomic E-state index is -0.647. The van der Waals surface area contributed by atoms with Gasteiger partial charge in [-0.3, -0.25) is 0 Å². The lowest BCUT2D eigenvalue weighted by Crippen LogP contribution is -2.04. The normalized spacial score (nSPS) is 12.2. The number of hydrogen-bond acceptors (Lipinski definition) is 2. The highest BCUT2D eigenvalue weighted by Gasteiger charge is 2.15. The van der Waals surface area contributed by atoms with Crippen LogP contribution in [-0.2, 0) is 6.42 Å². The molecule has 0 heterocycles. The minimum absolute atomic E-state index is 0.473. The molecule has 0 bridgehead atoms. The second kappa shape index (κ2) is 6.61. The van der Waals surface area contributed by atoms with E-state index in [1.165, 1.54) is 0 Å². The molecule has 2 nitrogen and oxygen atoms in total. The first-order chi connectivity index (χ1) is 9.52. The Labute approximate surface area is 132 Å². The van der Waals surface area contributed by atoms with Crippen molar-refractivity contribution in [2.75, 3.05) is 7.11 Å². The van der Waals surface area contributed by atoms with Crippen LogP contribution in [0.2, 0.25) is 5.02 Å². The minimum Gasteiger partial charge on any atom is -0.497 e. The molecule has 0 fully saturated rings. The Morgan fingerprint density at radius 3 is 2.75 bits per heavy atom. The Kier molecular flexibility index (Phi) is 5.08. The molecular weight excluding hydrogens is 340 g/mol. The highest BCUT2D eigenvalue weighted by atomic mass is 79.9. The van der Waals surface area contributed by atoms with Crippen molar-refractivity contribution < 1.29 is 9.84 Å². The fourth-order valence-electron chi connectivity index (χ4n) is 2.08. The molecule has 0 spiro atoms. The fourth-order valence-corrected chi connectivity index (χ4v) is 2.74. The molecule has 2 rings (SSSR count). The van der Waals surface area contributed by atoms with E-state index in [1.807, 2.05) is 43.3 Å². The SMILES string of the molecule is COc1ccc(Br)c(CC(O)c2cccc(C)c2Cl)c1. The molecule has 1 atom stereocenters. The third-order valence-electron chi connectivity index (χ3n) is 3.25. The molecule has 0 aliphatic rings. The van der Waals surface area contributed by atoms with Crippen molar-refractivity contribution in [2.24, 2.45) is 0 Å². The van der Waals surface area contributed by atoms with Gasteiger partial charge in [-0.15, -0.1) is 0 Å².